The maximum Gasteiger partial charge on any atom is 0.340 e. The third kappa shape index (κ3) is 2.93. The first-order chi connectivity index (χ1) is 13.1. The maximum atomic E-state index is 12.3. The number of carbonyl (C=O) groups is 1. The molecule has 138 valence electrons. The van der Waals surface area contributed by atoms with Crippen LogP contribution in [0, 0.1) is 0 Å². The van der Waals surface area contributed by atoms with Crippen molar-refractivity contribution in [1.29, 1.82) is 0 Å². The van der Waals surface area contributed by atoms with Crippen LogP contribution >= 0.6 is 0 Å². The highest BCUT2D eigenvalue weighted by Crippen LogP contribution is 2.40. The molecule has 2 aliphatic heterocycles. The summed E-state index contributed by atoms with van der Waals surface area (Å²) in [5, 5.41) is 3.37. The number of pyridine rings is 1. The summed E-state index contributed by atoms with van der Waals surface area (Å²) in [7, 11) is 1.38. The lowest BCUT2D eigenvalue weighted by atomic mass is 9.92. The van der Waals surface area contributed by atoms with Gasteiger partial charge in [0.15, 0.2) is 6.73 Å². The van der Waals surface area contributed by atoms with E-state index in [0.717, 1.165) is 28.4 Å². The summed E-state index contributed by atoms with van der Waals surface area (Å²) in [6.45, 7) is 4.46. The Bertz CT molecular complexity index is 965. The molecule has 1 N–H and O–H groups in total. The predicted octanol–water partition coefficient (Wildman–Crippen LogP) is 3.33. The Morgan fingerprint density at radius 1 is 1.26 bits per heavy atom. The van der Waals surface area contributed by atoms with Crippen molar-refractivity contribution >= 4 is 17.2 Å². The van der Waals surface area contributed by atoms with Gasteiger partial charge >= 0.3 is 5.97 Å². The number of allylic oxidation sites excluding steroid dienone is 2. The first-order valence-electron chi connectivity index (χ1n) is 8.78. The van der Waals surface area contributed by atoms with Crippen LogP contribution in [0.5, 0.6) is 5.75 Å². The Kier molecular flexibility index (Phi) is 4.32. The Hall–Kier alpha value is -3.28. The van der Waals surface area contributed by atoms with Gasteiger partial charge in [-0.3, -0.25) is 4.98 Å². The average Bonchev–Trinajstić information content (AvgIpc) is 3.11. The van der Waals surface area contributed by atoms with Crippen molar-refractivity contribution in [3.63, 3.8) is 0 Å². The second kappa shape index (κ2) is 6.79. The number of hydrogen-bond acceptors (Lipinski definition) is 6. The van der Waals surface area contributed by atoms with E-state index >= 15 is 0 Å². The molecule has 0 fully saturated rings. The van der Waals surface area contributed by atoms with E-state index in [0.29, 0.717) is 18.0 Å². The zero-order valence-corrected chi connectivity index (χ0v) is 15.5. The number of ether oxygens (including phenoxy) is 2. The van der Waals surface area contributed by atoms with E-state index in [1.165, 1.54) is 7.11 Å². The molecule has 1 unspecified atom stereocenters. The highest BCUT2D eigenvalue weighted by atomic mass is 16.5. The first kappa shape index (κ1) is 17.1. The molecule has 4 rings (SSSR count). The Balaban J connectivity index is 1.85. The molecule has 2 aromatic rings. The minimum Gasteiger partial charge on any atom is -0.471 e. The van der Waals surface area contributed by atoms with Gasteiger partial charge in [-0.05, 0) is 44.2 Å². The number of hydrogen-bond donors (Lipinski definition) is 1. The number of nitrogens with one attached hydrogen (secondary N) is 1. The highest BCUT2D eigenvalue weighted by molar-refractivity contribution is 5.96. The molecular formula is C21H21N3O3. The van der Waals surface area contributed by atoms with Crippen LogP contribution in [0.2, 0.25) is 0 Å². The number of aromatic nitrogens is 1. The van der Waals surface area contributed by atoms with Crippen LogP contribution < -0.4 is 15.0 Å². The number of anilines is 1. The van der Waals surface area contributed by atoms with Crippen LogP contribution in [0.3, 0.4) is 0 Å². The number of rotatable bonds is 3. The third-order valence-electron chi connectivity index (χ3n) is 4.83. The van der Waals surface area contributed by atoms with Gasteiger partial charge in [0.05, 0.1) is 30.1 Å². The summed E-state index contributed by atoms with van der Waals surface area (Å²) < 4.78 is 10.8. The number of methoxy groups -OCH3 is 1. The summed E-state index contributed by atoms with van der Waals surface area (Å²) in [5.74, 6) is 0.454. The Morgan fingerprint density at radius 2 is 2.07 bits per heavy atom. The molecule has 2 aliphatic rings. The molecule has 1 aromatic heterocycles. The molecule has 1 aromatic carbocycles. The summed E-state index contributed by atoms with van der Waals surface area (Å²) in [6.07, 6.45) is 3.82. The van der Waals surface area contributed by atoms with Gasteiger partial charge in [0, 0.05) is 23.2 Å². The van der Waals surface area contributed by atoms with E-state index in [-0.39, 0.29) is 6.04 Å². The highest BCUT2D eigenvalue weighted by Gasteiger charge is 2.34. The molecule has 0 amide bonds. The van der Waals surface area contributed by atoms with Crippen molar-refractivity contribution in [3.8, 4) is 5.75 Å². The lowest BCUT2D eigenvalue weighted by Gasteiger charge is -2.33. The van der Waals surface area contributed by atoms with Crippen LogP contribution in [-0.4, -0.2) is 30.8 Å². The number of nitrogens with zero attached hydrogens (tertiary/aromatic N) is 2. The van der Waals surface area contributed by atoms with Gasteiger partial charge < -0.3 is 19.7 Å². The van der Waals surface area contributed by atoms with Crippen molar-refractivity contribution in [2.24, 2.45) is 0 Å². The molecule has 3 heterocycles. The van der Waals surface area contributed by atoms with Crippen LogP contribution in [0.1, 0.15) is 29.9 Å². The fourth-order valence-electron chi connectivity index (χ4n) is 3.66. The van der Waals surface area contributed by atoms with Gasteiger partial charge in [-0.25, -0.2) is 4.79 Å². The van der Waals surface area contributed by atoms with Crippen LogP contribution in [-0.2, 0) is 4.74 Å². The summed E-state index contributed by atoms with van der Waals surface area (Å²) in [4.78, 5) is 19.0. The number of fused-ring (bicyclic) bond motifs is 1. The van der Waals surface area contributed by atoms with Crippen LogP contribution in [0.4, 0.5) is 5.69 Å². The quantitative estimate of drug-likeness (QED) is 0.844. The smallest absolute Gasteiger partial charge is 0.340 e. The second-order valence-corrected chi connectivity index (χ2v) is 6.56. The number of carbonyl (C=O) groups excluding carboxylic acids is 1. The fourth-order valence-corrected chi connectivity index (χ4v) is 3.66. The van der Waals surface area contributed by atoms with Crippen LogP contribution in [0.15, 0.2) is 60.1 Å². The van der Waals surface area contributed by atoms with E-state index < -0.39 is 5.97 Å². The third-order valence-corrected chi connectivity index (χ3v) is 4.83. The molecule has 6 nitrogen and oxygen atoms in total. The van der Waals surface area contributed by atoms with E-state index in [1.807, 2.05) is 38.1 Å². The number of benzene rings is 1. The van der Waals surface area contributed by atoms with Crippen LogP contribution in [0.25, 0.3) is 5.57 Å². The van der Waals surface area contributed by atoms with Gasteiger partial charge in [-0.15, -0.1) is 0 Å². The number of para-hydroxylation sites is 2. The van der Waals surface area contributed by atoms with E-state index in [2.05, 4.69) is 21.3 Å². The summed E-state index contributed by atoms with van der Waals surface area (Å²) in [6, 6.07) is 11.3. The zero-order chi connectivity index (χ0) is 19.0. The predicted molar refractivity (Wildman–Crippen MR) is 103 cm³/mol. The topological polar surface area (TPSA) is 63.7 Å². The van der Waals surface area contributed by atoms with Gasteiger partial charge in [-0.2, -0.15) is 0 Å². The molecule has 27 heavy (non-hydrogen) atoms. The van der Waals surface area contributed by atoms with Gasteiger partial charge in [0.1, 0.15) is 5.75 Å². The first-order valence-corrected chi connectivity index (χ1v) is 8.78. The van der Waals surface area contributed by atoms with Crippen molar-refractivity contribution in [3.05, 3.63) is 71.3 Å². The minimum absolute atomic E-state index is 0.117. The second-order valence-electron chi connectivity index (χ2n) is 6.56. The molecular weight excluding hydrogens is 342 g/mol. The van der Waals surface area contributed by atoms with Crippen molar-refractivity contribution in [2.75, 3.05) is 18.7 Å². The standard InChI is InChI=1S/C21H21N3O3/c1-13-11-17(24-12-27-18-9-5-4-8-16(18)24)19(14(2)23-13)20-15(21(25)26-3)7-6-10-22-20/h4-11,17,23H,12H2,1-3H3. The molecule has 0 saturated carbocycles. The number of esters is 1. The van der Waals surface area contributed by atoms with E-state index in [9.17, 15) is 4.79 Å². The molecule has 0 aliphatic carbocycles. The van der Waals surface area contributed by atoms with Crippen molar-refractivity contribution in [1.82, 2.24) is 10.3 Å². The monoisotopic (exact) mass is 363 g/mol. The molecule has 1 atom stereocenters. The lowest BCUT2D eigenvalue weighted by Crippen LogP contribution is -2.39. The normalized spacial score (nSPS) is 18.4. The van der Waals surface area contributed by atoms with Gasteiger partial charge in [-0.1, -0.05) is 12.1 Å². The molecule has 6 heteroatoms. The average molecular weight is 363 g/mol. The van der Waals surface area contributed by atoms with E-state index in [4.69, 9.17) is 9.47 Å². The SMILES string of the molecule is COC(=O)c1cccnc1C1=C(C)NC(C)=CC1N1COc2ccccc21. The van der Waals surface area contributed by atoms with E-state index in [1.54, 1.807) is 18.3 Å². The van der Waals surface area contributed by atoms with Crippen molar-refractivity contribution in [2.45, 2.75) is 19.9 Å². The van der Waals surface area contributed by atoms with Crippen molar-refractivity contribution < 1.29 is 14.3 Å². The fraction of sp³-hybridized carbons (Fsp3) is 0.238. The minimum atomic E-state index is -0.401. The largest absolute Gasteiger partial charge is 0.471 e. The Labute approximate surface area is 158 Å². The summed E-state index contributed by atoms with van der Waals surface area (Å²) in [5.41, 5.74) is 5.01. The van der Waals surface area contributed by atoms with Gasteiger partial charge in [0.2, 0.25) is 0 Å². The number of dihydropyridines is 1. The molecule has 0 radical (unpaired) electrons. The molecule has 0 spiro atoms. The van der Waals surface area contributed by atoms with Gasteiger partial charge in [0.25, 0.3) is 0 Å². The zero-order valence-electron chi connectivity index (χ0n) is 15.5. The maximum absolute atomic E-state index is 12.3. The lowest BCUT2D eigenvalue weighted by molar-refractivity contribution is 0.0600. The molecule has 0 bridgehead atoms. The Morgan fingerprint density at radius 3 is 2.89 bits per heavy atom. The molecule has 0 saturated heterocycles. The summed E-state index contributed by atoms with van der Waals surface area (Å²) >= 11 is 0.